The predicted molar refractivity (Wildman–Crippen MR) is 73.2 cm³/mol. The van der Waals surface area contributed by atoms with Crippen LogP contribution in [0.5, 0.6) is 0 Å². The molecule has 3 heterocycles. The summed E-state index contributed by atoms with van der Waals surface area (Å²) in [7, 11) is 1.95. The van der Waals surface area contributed by atoms with Crippen LogP contribution in [0.3, 0.4) is 0 Å². The number of fused-ring (bicyclic) bond motifs is 1. The molecule has 1 amide bonds. The summed E-state index contributed by atoms with van der Waals surface area (Å²) in [6.07, 6.45) is 5.71. The molecule has 0 saturated carbocycles. The zero-order chi connectivity index (χ0) is 13.2. The van der Waals surface area contributed by atoms with Gasteiger partial charge >= 0.3 is 0 Å². The highest BCUT2D eigenvalue weighted by Crippen LogP contribution is 2.17. The third kappa shape index (κ3) is 2.21. The molecule has 0 aliphatic carbocycles. The van der Waals surface area contributed by atoms with E-state index in [0.717, 1.165) is 31.4 Å². The summed E-state index contributed by atoms with van der Waals surface area (Å²) in [6, 6.07) is 6.17. The Morgan fingerprint density at radius 3 is 3.21 bits per heavy atom. The average molecular weight is 258 g/mol. The Bertz CT molecular complexity index is 592. The summed E-state index contributed by atoms with van der Waals surface area (Å²) in [4.78, 5) is 14.5. The molecule has 1 aliphatic rings. The van der Waals surface area contributed by atoms with Crippen LogP contribution in [-0.2, 0) is 0 Å². The van der Waals surface area contributed by atoms with Crippen molar-refractivity contribution in [1.82, 2.24) is 19.8 Å². The average Bonchev–Trinajstić information content (AvgIpc) is 2.90. The second-order valence-electron chi connectivity index (χ2n) is 4.97. The molecule has 1 unspecified atom stereocenters. The Kier molecular flexibility index (Phi) is 3.21. The van der Waals surface area contributed by atoms with E-state index in [0.29, 0.717) is 11.6 Å². The summed E-state index contributed by atoms with van der Waals surface area (Å²) in [6.45, 7) is 1.61. The molecular weight excluding hydrogens is 240 g/mol. The number of aromatic nitrogens is 2. The van der Waals surface area contributed by atoms with Crippen molar-refractivity contribution < 1.29 is 4.79 Å². The molecule has 5 heteroatoms. The van der Waals surface area contributed by atoms with Gasteiger partial charge in [0.15, 0.2) is 0 Å². The Morgan fingerprint density at radius 1 is 1.47 bits per heavy atom. The van der Waals surface area contributed by atoms with Crippen LogP contribution in [0.1, 0.15) is 23.2 Å². The summed E-state index contributed by atoms with van der Waals surface area (Å²) >= 11 is 0. The first-order chi connectivity index (χ1) is 9.29. The molecule has 1 aliphatic heterocycles. The van der Waals surface area contributed by atoms with E-state index in [1.807, 2.05) is 36.3 Å². The maximum Gasteiger partial charge on any atom is 0.257 e. The van der Waals surface area contributed by atoms with Crippen LogP contribution in [0, 0.1) is 0 Å². The number of likely N-dealkylation sites (tertiary alicyclic amines) is 1. The number of carbonyl (C=O) groups is 1. The Labute approximate surface area is 112 Å². The Balaban J connectivity index is 1.87. The van der Waals surface area contributed by atoms with Gasteiger partial charge in [-0.1, -0.05) is 6.07 Å². The zero-order valence-electron chi connectivity index (χ0n) is 11.0. The third-order valence-corrected chi connectivity index (χ3v) is 3.77. The molecule has 100 valence electrons. The van der Waals surface area contributed by atoms with Crippen LogP contribution < -0.4 is 5.32 Å². The fraction of sp³-hybridized carbons (Fsp3) is 0.429. The van der Waals surface area contributed by atoms with Crippen molar-refractivity contribution in [3.8, 4) is 0 Å². The molecule has 1 saturated heterocycles. The summed E-state index contributed by atoms with van der Waals surface area (Å²) in [5, 5.41) is 7.48. The van der Waals surface area contributed by atoms with Gasteiger partial charge in [0.2, 0.25) is 0 Å². The zero-order valence-corrected chi connectivity index (χ0v) is 11.0. The van der Waals surface area contributed by atoms with Crippen molar-refractivity contribution in [2.75, 3.05) is 20.1 Å². The van der Waals surface area contributed by atoms with E-state index < -0.39 is 0 Å². The number of rotatable bonds is 2. The van der Waals surface area contributed by atoms with Gasteiger partial charge < -0.3 is 10.2 Å². The van der Waals surface area contributed by atoms with Gasteiger partial charge in [0.1, 0.15) is 0 Å². The lowest BCUT2D eigenvalue weighted by molar-refractivity contribution is 0.0700. The number of hydrogen-bond donors (Lipinski definition) is 1. The number of hydrogen-bond acceptors (Lipinski definition) is 3. The minimum atomic E-state index is 0.0844. The van der Waals surface area contributed by atoms with E-state index in [9.17, 15) is 4.79 Å². The quantitative estimate of drug-likeness (QED) is 0.879. The summed E-state index contributed by atoms with van der Waals surface area (Å²) in [5.41, 5.74) is 1.57. The number of piperidine rings is 1. The van der Waals surface area contributed by atoms with Gasteiger partial charge in [-0.2, -0.15) is 5.10 Å². The predicted octanol–water partition coefficient (Wildman–Crippen LogP) is 1.16. The minimum absolute atomic E-state index is 0.0844. The molecule has 0 bridgehead atoms. The smallest absolute Gasteiger partial charge is 0.257 e. The SMILES string of the molecule is CNC1CCCN(C(=O)c2cnn3ccccc23)C1. The van der Waals surface area contributed by atoms with Gasteiger partial charge in [0.25, 0.3) is 5.91 Å². The van der Waals surface area contributed by atoms with Gasteiger partial charge in [-0.25, -0.2) is 4.52 Å². The van der Waals surface area contributed by atoms with Crippen LogP contribution >= 0.6 is 0 Å². The Morgan fingerprint density at radius 2 is 2.37 bits per heavy atom. The fourth-order valence-corrected chi connectivity index (χ4v) is 2.67. The second kappa shape index (κ2) is 5.01. The van der Waals surface area contributed by atoms with Crippen LogP contribution in [0.2, 0.25) is 0 Å². The van der Waals surface area contributed by atoms with Crippen molar-refractivity contribution in [2.24, 2.45) is 0 Å². The van der Waals surface area contributed by atoms with Crippen LogP contribution in [0.25, 0.3) is 5.52 Å². The highest BCUT2D eigenvalue weighted by Gasteiger charge is 2.25. The number of amides is 1. The monoisotopic (exact) mass is 258 g/mol. The molecule has 2 aromatic rings. The number of nitrogens with one attached hydrogen (secondary N) is 1. The first-order valence-corrected chi connectivity index (χ1v) is 6.68. The van der Waals surface area contributed by atoms with Crippen molar-refractivity contribution >= 4 is 11.4 Å². The topological polar surface area (TPSA) is 49.6 Å². The second-order valence-corrected chi connectivity index (χ2v) is 4.97. The molecule has 1 atom stereocenters. The van der Waals surface area contributed by atoms with E-state index >= 15 is 0 Å². The highest BCUT2D eigenvalue weighted by molar-refractivity contribution is 6.00. The molecule has 0 aromatic carbocycles. The van der Waals surface area contributed by atoms with Crippen LogP contribution in [0.4, 0.5) is 0 Å². The van der Waals surface area contributed by atoms with Crippen LogP contribution in [0.15, 0.2) is 30.6 Å². The number of nitrogens with zero attached hydrogens (tertiary/aromatic N) is 3. The number of pyridine rings is 1. The van der Waals surface area contributed by atoms with Gasteiger partial charge in [0, 0.05) is 25.3 Å². The lowest BCUT2D eigenvalue weighted by atomic mass is 10.1. The van der Waals surface area contributed by atoms with Gasteiger partial charge in [-0.3, -0.25) is 4.79 Å². The van der Waals surface area contributed by atoms with E-state index in [1.54, 1.807) is 10.7 Å². The van der Waals surface area contributed by atoms with Gasteiger partial charge in [-0.15, -0.1) is 0 Å². The fourth-order valence-electron chi connectivity index (χ4n) is 2.67. The molecular formula is C14H18N4O. The maximum absolute atomic E-state index is 12.6. The van der Waals surface area contributed by atoms with Crippen molar-refractivity contribution in [3.05, 3.63) is 36.2 Å². The standard InChI is InChI=1S/C14H18N4O/c1-15-11-5-4-7-17(10-11)14(19)12-9-16-18-8-3-2-6-13(12)18/h2-3,6,8-9,11,15H,4-5,7,10H2,1H3. The number of carbonyl (C=O) groups excluding carboxylic acids is 1. The van der Waals surface area contributed by atoms with Crippen molar-refractivity contribution in [2.45, 2.75) is 18.9 Å². The molecule has 0 spiro atoms. The lowest BCUT2D eigenvalue weighted by Gasteiger charge is -2.32. The first-order valence-electron chi connectivity index (χ1n) is 6.68. The molecule has 0 radical (unpaired) electrons. The number of likely N-dealkylation sites (N-methyl/N-ethyl adjacent to an activating group) is 1. The van der Waals surface area contributed by atoms with Crippen molar-refractivity contribution in [3.63, 3.8) is 0 Å². The normalized spacial score (nSPS) is 19.8. The largest absolute Gasteiger partial charge is 0.337 e. The molecule has 3 rings (SSSR count). The maximum atomic E-state index is 12.6. The van der Waals surface area contributed by atoms with Gasteiger partial charge in [0.05, 0.1) is 17.3 Å². The molecule has 5 nitrogen and oxygen atoms in total. The van der Waals surface area contributed by atoms with Gasteiger partial charge in [-0.05, 0) is 32.0 Å². The summed E-state index contributed by atoms with van der Waals surface area (Å²) in [5.74, 6) is 0.0844. The lowest BCUT2D eigenvalue weighted by Crippen LogP contribution is -2.46. The third-order valence-electron chi connectivity index (χ3n) is 3.77. The molecule has 1 fully saturated rings. The Hall–Kier alpha value is -1.88. The van der Waals surface area contributed by atoms with E-state index in [1.165, 1.54) is 0 Å². The van der Waals surface area contributed by atoms with Crippen LogP contribution in [-0.4, -0.2) is 46.6 Å². The molecule has 19 heavy (non-hydrogen) atoms. The molecule has 2 aromatic heterocycles. The van der Waals surface area contributed by atoms with E-state index in [4.69, 9.17) is 0 Å². The summed E-state index contributed by atoms with van der Waals surface area (Å²) < 4.78 is 1.74. The van der Waals surface area contributed by atoms with Crippen molar-refractivity contribution in [1.29, 1.82) is 0 Å². The minimum Gasteiger partial charge on any atom is -0.337 e. The molecule has 1 N–H and O–H groups in total. The van der Waals surface area contributed by atoms with E-state index in [2.05, 4.69) is 10.4 Å². The highest BCUT2D eigenvalue weighted by atomic mass is 16.2. The van der Waals surface area contributed by atoms with E-state index in [-0.39, 0.29) is 5.91 Å². The first kappa shape index (κ1) is 12.2.